The highest BCUT2D eigenvalue weighted by Gasteiger charge is 2.35. The topological polar surface area (TPSA) is 9.86 Å². The first-order chi connectivity index (χ1) is 27.0. The van der Waals surface area contributed by atoms with Crippen LogP contribution in [0.1, 0.15) is 48.9 Å². The van der Waals surface area contributed by atoms with E-state index < -0.39 is 0 Å². The minimum Gasteiger partial charge on any atom is -0.309 e. The third kappa shape index (κ3) is 4.14. The molecule has 12 rings (SSSR count). The Hall–Kier alpha value is -6.64. The van der Waals surface area contributed by atoms with Gasteiger partial charge in [0.15, 0.2) is 0 Å². The first kappa shape index (κ1) is 30.8. The molecule has 0 radical (unpaired) electrons. The van der Waals surface area contributed by atoms with Gasteiger partial charge in [-0.3, -0.25) is 0 Å². The maximum atomic E-state index is 2.46. The molecule has 0 fully saturated rings. The van der Waals surface area contributed by atoms with Crippen LogP contribution in [0.2, 0.25) is 0 Å². The highest BCUT2D eigenvalue weighted by atomic mass is 15.0. The minimum atomic E-state index is -0.0577. The molecular weight excluding hydrogens is 665 g/mol. The molecule has 2 aliphatic rings. The number of nitrogens with zero attached hydrogens (tertiary/aromatic N) is 2. The first-order valence-electron chi connectivity index (χ1n) is 19.5. The molecule has 0 spiro atoms. The quantitative estimate of drug-likeness (QED) is 0.173. The van der Waals surface area contributed by atoms with Crippen LogP contribution in [0.25, 0.3) is 88.4 Å². The summed E-state index contributed by atoms with van der Waals surface area (Å²) in [4.78, 5) is 0. The zero-order valence-corrected chi connectivity index (χ0v) is 31.1. The van der Waals surface area contributed by atoms with Crippen LogP contribution in [0.3, 0.4) is 0 Å². The van der Waals surface area contributed by atoms with Gasteiger partial charge in [-0.15, -0.1) is 0 Å². The molecule has 2 aliphatic carbocycles. The van der Waals surface area contributed by atoms with Crippen molar-refractivity contribution >= 4 is 43.6 Å². The molecular formula is C53H38N2. The average Bonchev–Trinajstić information content (AvgIpc) is 3.90. The summed E-state index contributed by atoms with van der Waals surface area (Å²) in [7, 11) is 0. The van der Waals surface area contributed by atoms with Crippen LogP contribution in [0.15, 0.2) is 170 Å². The van der Waals surface area contributed by atoms with Crippen molar-refractivity contribution in [3.8, 4) is 44.8 Å². The molecule has 1 unspecified atom stereocenters. The lowest BCUT2D eigenvalue weighted by Crippen LogP contribution is -2.15. The Morgan fingerprint density at radius 3 is 1.78 bits per heavy atom. The van der Waals surface area contributed by atoms with Gasteiger partial charge in [-0.2, -0.15) is 0 Å². The van der Waals surface area contributed by atoms with Gasteiger partial charge < -0.3 is 9.13 Å². The lowest BCUT2D eigenvalue weighted by Gasteiger charge is -2.22. The Morgan fingerprint density at radius 2 is 0.982 bits per heavy atom. The van der Waals surface area contributed by atoms with Crippen LogP contribution in [0.4, 0.5) is 0 Å². The number of aromatic nitrogens is 2. The van der Waals surface area contributed by atoms with Crippen molar-refractivity contribution in [1.82, 2.24) is 9.13 Å². The summed E-state index contributed by atoms with van der Waals surface area (Å²) < 4.78 is 4.92. The average molecular weight is 703 g/mol. The van der Waals surface area contributed by atoms with Gasteiger partial charge in [0, 0.05) is 44.3 Å². The number of fused-ring (bicyclic) bond motifs is 12. The van der Waals surface area contributed by atoms with Gasteiger partial charge in [-0.25, -0.2) is 0 Å². The number of hydrogen-bond donors (Lipinski definition) is 0. The lowest BCUT2D eigenvalue weighted by molar-refractivity contribution is 0.660. The molecule has 0 saturated carbocycles. The second-order valence-corrected chi connectivity index (χ2v) is 16.2. The first-order valence-corrected chi connectivity index (χ1v) is 19.5. The van der Waals surface area contributed by atoms with Crippen LogP contribution in [-0.2, 0) is 5.41 Å². The minimum absolute atomic E-state index is 0.0577. The fraction of sp³-hybridized carbons (Fsp3) is 0.0943. The third-order valence-corrected chi connectivity index (χ3v) is 13.0. The Morgan fingerprint density at radius 1 is 0.382 bits per heavy atom. The van der Waals surface area contributed by atoms with E-state index in [2.05, 4.69) is 200 Å². The molecule has 2 nitrogen and oxygen atoms in total. The highest BCUT2D eigenvalue weighted by Crippen LogP contribution is 2.50. The summed E-state index contributed by atoms with van der Waals surface area (Å²) in [6, 6.07) is 63.7. The van der Waals surface area contributed by atoms with Gasteiger partial charge in [0.05, 0.1) is 22.1 Å². The maximum Gasteiger partial charge on any atom is 0.0544 e. The number of benzene rings is 8. The van der Waals surface area contributed by atoms with Crippen LogP contribution in [0.5, 0.6) is 0 Å². The van der Waals surface area contributed by atoms with Crippen molar-refractivity contribution in [3.63, 3.8) is 0 Å². The molecule has 2 heterocycles. The Labute approximate surface area is 320 Å². The fourth-order valence-electron chi connectivity index (χ4n) is 10.3. The van der Waals surface area contributed by atoms with E-state index >= 15 is 0 Å². The second-order valence-electron chi connectivity index (χ2n) is 16.2. The van der Waals surface area contributed by atoms with Gasteiger partial charge in [0.1, 0.15) is 0 Å². The smallest absolute Gasteiger partial charge is 0.0544 e. The molecule has 260 valence electrons. The monoisotopic (exact) mass is 702 g/mol. The van der Waals surface area contributed by atoms with Crippen molar-refractivity contribution in [2.45, 2.75) is 32.1 Å². The maximum absolute atomic E-state index is 2.46. The van der Waals surface area contributed by atoms with Crippen LogP contribution < -0.4 is 0 Å². The van der Waals surface area contributed by atoms with Crippen LogP contribution in [-0.4, -0.2) is 9.13 Å². The summed E-state index contributed by atoms with van der Waals surface area (Å²) >= 11 is 0. The van der Waals surface area contributed by atoms with Crippen molar-refractivity contribution in [3.05, 3.63) is 192 Å². The molecule has 1 atom stereocenters. The highest BCUT2D eigenvalue weighted by molar-refractivity contribution is 6.14. The van der Waals surface area contributed by atoms with Crippen LogP contribution in [0, 0.1) is 0 Å². The zero-order chi connectivity index (χ0) is 36.6. The summed E-state index contributed by atoms with van der Waals surface area (Å²) in [6.45, 7) is 7.07. The summed E-state index contributed by atoms with van der Waals surface area (Å²) in [5.41, 5.74) is 20.8. The van der Waals surface area contributed by atoms with E-state index in [1.807, 2.05) is 0 Å². The summed E-state index contributed by atoms with van der Waals surface area (Å²) in [6.07, 6.45) is 0. The van der Waals surface area contributed by atoms with Gasteiger partial charge in [0.25, 0.3) is 0 Å². The summed E-state index contributed by atoms with van der Waals surface area (Å²) in [5, 5.41) is 5.11. The molecule has 0 N–H and O–H groups in total. The number of rotatable bonds is 3. The Kier molecular flexibility index (Phi) is 6.14. The van der Waals surface area contributed by atoms with E-state index in [0.717, 1.165) is 0 Å². The van der Waals surface area contributed by atoms with Gasteiger partial charge in [0.2, 0.25) is 0 Å². The zero-order valence-electron chi connectivity index (χ0n) is 31.1. The molecule has 0 saturated heterocycles. The second kappa shape index (κ2) is 11.0. The molecule has 0 amide bonds. The van der Waals surface area contributed by atoms with Crippen molar-refractivity contribution in [2.75, 3.05) is 0 Å². The molecule has 2 heteroatoms. The molecule has 10 aromatic rings. The molecule has 0 bridgehead atoms. The molecule has 2 aromatic heterocycles. The standard InChI is InChI=1S/C53H38N2/c1-32-37-15-7-8-16-38(37)43-30-46-45-28-34(22-26-51(45)54(52(46)31-42(32)43)35-13-5-4-6-14-35)33-21-25-50-44(27-33)41-18-10-12-20-49(41)55(50)36-23-24-40-39-17-9-11-19-47(39)53(2,3)48(40)29-36/h4-32H,1-3H3. The number of para-hydroxylation sites is 2. The van der Waals surface area contributed by atoms with Crippen LogP contribution >= 0.6 is 0 Å². The largest absolute Gasteiger partial charge is 0.309 e. The summed E-state index contributed by atoms with van der Waals surface area (Å²) in [5.74, 6) is 0.363. The van der Waals surface area contributed by atoms with Gasteiger partial charge >= 0.3 is 0 Å². The van der Waals surface area contributed by atoms with Gasteiger partial charge in [-0.1, -0.05) is 124 Å². The molecule has 55 heavy (non-hydrogen) atoms. The lowest BCUT2D eigenvalue weighted by atomic mass is 9.82. The predicted octanol–water partition coefficient (Wildman–Crippen LogP) is 14.0. The third-order valence-electron chi connectivity index (χ3n) is 13.0. The van der Waals surface area contributed by atoms with E-state index in [4.69, 9.17) is 0 Å². The van der Waals surface area contributed by atoms with E-state index in [9.17, 15) is 0 Å². The van der Waals surface area contributed by atoms with E-state index in [0.29, 0.717) is 5.92 Å². The fourth-order valence-corrected chi connectivity index (χ4v) is 10.3. The number of hydrogen-bond acceptors (Lipinski definition) is 0. The normalized spacial score (nSPS) is 15.1. The predicted molar refractivity (Wildman–Crippen MR) is 231 cm³/mol. The molecule has 0 aliphatic heterocycles. The Balaban J connectivity index is 1.05. The SMILES string of the molecule is CC1c2ccccc2-c2cc3c4cc(-c5ccc6c(c5)c5ccccc5n6-c5ccc6c(c5)C(C)(C)c5ccccc5-6)ccc4n(-c4ccccc4)c3cc21. The van der Waals surface area contributed by atoms with E-state index in [1.165, 1.54) is 111 Å². The Bertz CT molecular complexity index is 3240. The van der Waals surface area contributed by atoms with Crippen molar-refractivity contribution in [1.29, 1.82) is 0 Å². The van der Waals surface area contributed by atoms with Gasteiger partial charge in [-0.05, 0) is 122 Å². The van der Waals surface area contributed by atoms with Crippen molar-refractivity contribution in [2.24, 2.45) is 0 Å². The van der Waals surface area contributed by atoms with Crippen molar-refractivity contribution < 1.29 is 0 Å². The van der Waals surface area contributed by atoms with E-state index in [1.54, 1.807) is 0 Å². The molecule has 8 aromatic carbocycles. The van der Waals surface area contributed by atoms with E-state index in [-0.39, 0.29) is 5.41 Å².